The molecule has 7 nitrogen and oxygen atoms in total. The number of carbonyl (C=O) groups is 1. The Kier molecular flexibility index (Phi) is 10.9. The number of furan rings is 1. The molecule has 0 radical (unpaired) electrons. The highest BCUT2D eigenvalue weighted by Crippen LogP contribution is 2.25. The largest absolute Gasteiger partial charge is 0.495 e. The highest BCUT2D eigenvalue weighted by Gasteiger charge is 2.14. The van der Waals surface area contributed by atoms with Gasteiger partial charge in [-0.05, 0) is 62.9 Å². The van der Waals surface area contributed by atoms with E-state index >= 15 is 0 Å². The van der Waals surface area contributed by atoms with Crippen LogP contribution in [0.4, 0.5) is 0 Å². The maximum atomic E-state index is 12.6. The molecule has 0 aliphatic carbocycles. The fourth-order valence-electron chi connectivity index (χ4n) is 3.20. The van der Waals surface area contributed by atoms with E-state index in [1.165, 1.54) is 25.7 Å². The first-order valence-corrected chi connectivity index (χ1v) is 11.5. The normalized spacial score (nSPS) is 16.0. The second-order valence-electron chi connectivity index (χ2n) is 7.37. The molecule has 1 N–H and O–H groups in total. The molecule has 0 atom stereocenters. The van der Waals surface area contributed by atoms with Crippen molar-refractivity contribution in [2.24, 2.45) is 5.10 Å². The van der Waals surface area contributed by atoms with Gasteiger partial charge in [0.1, 0.15) is 11.5 Å². The topological polar surface area (TPSA) is 70.3 Å². The first-order chi connectivity index (χ1) is 15.5. The molecule has 0 unspecified atom stereocenters. The summed E-state index contributed by atoms with van der Waals surface area (Å²) in [5.41, 5.74) is 0.586. The number of allylic oxidation sites excluding steroid dienone is 4. The number of methoxy groups -OCH3 is 1. The molecule has 0 spiro atoms. The molecule has 32 heavy (non-hydrogen) atoms. The fourth-order valence-corrected chi connectivity index (χ4v) is 4.11. The SMILES string of the molecule is C=NN(/C=C\C)Cc1ccc(C(=O)N/C(C)=C(/C=C\C(=C)SN2CCCCCC2)OC)o1. The van der Waals surface area contributed by atoms with Crippen LogP contribution in [0.25, 0.3) is 0 Å². The van der Waals surface area contributed by atoms with Crippen LogP contribution in [0.3, 0.4) is 0 Å². The monoisotopic (exact) mass is 458 g/mol. The highest BCUT2D eigenvalue weighted by molar-refractivity contribution is 8.01. The van der Waals surface area contributed by atoms with Crippen molar-refractivity contribution < 1.29 is 13.9 Å². The van der Waals surface area contributed by atoms with E-state index < -0.39 is 0 Å². The van der Waals surface area contributed by atoms with Crippen molar-refractivity contribution in [3.05, 3.63) is 71.0 Å². The van der Waals surface area contributed by atoms with Crippen LogP contribution in [0.15, 0.2) is 69.0 Å². The minimum atomic E-state index is -0.349. The summed E-state index contributed by atoms with van der Waals surface area (Å²) in [4.78, 5) is 13.5. The Balaban J connectivity index is 1.96. The third-order valence-electron chi connectivity index (χ3n) is 4.83. The number of hydrogen-bond acceptors (Lipinski definition) is 7. The number of hydrogen-bond donors (Lipinski definition) is 1. The minimum absolute atomic E-state index is 0.212. The Hall–Kier alpha value is -2.71. The highest BCUT2D eigenvalue weighted by atomic mass is 32.2. The Morgan fingerprint density at radius 3 is 2.66 bits per heavy atom. The van der Waals surface area contributed by atoms with Crippen molar-refractivity contribution in [2.75, 3.05) is 20.2 Å². The van der Waals surface area contributed by atoms with E-state index in [1.54, 1.807) is 49.3 Å². The van der Waals surface area contributed by atoms with Crippen molar-refractivity contribution in [1.82, 2.24) is 14.6 Å². The zero-order chi connectivity index (χ0) is 23.3. The summed E-state index contributed by atoms with van der Waals surface area (Å²) >= 11 is 1.67. The third kappa shape index (κ3) is 8.43. The molecular formula is C24H34N4O3S. The van der Waals surface area contributed by atoms with Crippen LogP contribution in [0.2, 0.25) is 0 Å². The summed E-state index contributed by atoms with van der Waals surface area (Å²) in [5.74, 6) is 1.02. The van der Waals surface area contributed by atoms with E-state index in [-0.39, 0.29) is 11.7 Å². The predicted octanol–water partition coefficient (Wildman–Crippen LogP) is 5.43. The van der Waals surface area contributed by atoms with Gasteiger partial charge in [0.25, 0.3) is 5.91 Å². The molecule has 0 bridgehead atoms. The van der Waals surface area contributed by atoms with Crippen LogP contribution in [-0.2, 0) is 11.3 Å². The van der Waals surface area contributed by atoms with E-state index in [4.69, 9.17) is 9.15 Å². The number of carbonyl (C=O) groups excluding carboxylic acids is 1. The van der Waals surface area contributed by atoms with Gasteiger partial charge in [-0.1, -0.05) is 25.5 Å². The van der Waals surface area contributed by atoms with E-state index in [9.17, 15) is 4.79 Å². The summed E-state index contributed by atoms with van der Waals surface area (Å²) in [6.07, 6.45) is 12.4. The second-order valence-corrected chi connectivity index (χ2v) is 8.59. The van der Waals surface area contributed by atoms with Gasteiger partial charge in [-0.15, -0.1) is 0 Å². The molecule has 1 aliphatic rings. The van der Waals surface area contributed by atoms with Gasteiger partial charge in [0, 0.05) is 30.9 Å². The van der Waals surface area contributed by atoms with Crippen LogP contribution in [0.5, 0.6) is 0 Å². The minimum Gasteiger partial charge on any atom is -0.495 e. The Morgan fingerprint density at radius 2 is 2.03 bits per heavy atom. The number of amides is 1. The molecule has 1 saturated heterocycles. The van der Waals surface area contributed by atoms with Gasteiger partial charge in [-0.25, -0.2) is 4.31 Å². The molecule has 1 fully saturated rings. The van der Waals surface area contributed by atoms with E-state index in [2.05, 4.69) is 28.0 Å². The average Bonchev–Trinajstić information content (AvgIpc) is 3.09. The lowest BCUT2D eigenvalue weighted by atomic mass is 10.2. The van der Waals surface area contributed by atoms with Gasteiger partial charge < -0.3 is 14.5 Å². The van der Waals surface area contributed by atoms with Gasteiger partial charge in [-0.2, -0.15) is 5.10 Å². The maximum absolute atomic E-state index is 12.6. The first kappa shape index (κ1) is 25.5. The van der Waals surface area contributed by atoms with E-state index in [0.29, 0.717) is 23.8 Å². The molecule has 8 heteroatoms. The molecule has 2 heterocycles. The molecule has 0 saturated carbocycles. The second kappa shape index (κ2) is 13.6. The molecule has 174 valence electrons. The molecule has 1 amide bonds. The predicted molar refractivity (Wildman–Crippen MR) is 132 cm³/mol. The number of nitrogens with zero attached hydrogens (tertiary/aromatic N) is 3. The van der Waals surface area contributed by atoms with Crippen molar-refractivity contribution >= 4 is 24.6 Å². The lowest BCUT2D eigenvalue weighted by Gasteiger charge is -2.18. The van der Waals surface area contributed by atoms with Crippen molar-refractivity contribution in [1.29, 1.82) is 0 Å². The average molecular weight is 459 g/mol. The van der Waals surface area contributed by atoms with Crippen molar-refractivity contribution in [3.63, 3.8) is 0 Å². The van der Waals surface area contributed by atoms with Crippen LogP contribution in [-0.4, -0.2) is 42.1 Å². The smallest absolute Gasteiger partial charge is 0.291 e. The Bertz CT molecular complexity index is 864. The summed E-state index contributed by atoms with van der Waals surface area (Å²) in [6, 6.07) is 3.38. The maximum Gasteiger partial charge on any atom is 0.291 e. The van der Waals surface area contributed by atoms with Gasteiger partial charge in [0.15, 0.2) is 5.76 Å². The summed E-state index contributed by atoms with van der Waals surface area (Å²) in [5, 5.41) is 8.33. The number of rotatable bonds is 11. The number of nitrogens with one attached hydrogen (secondary N) is 1. The van der Waals surface area contributed by atoms with Gasteiger partial charge in [-0.3, -0.25) is 9.80 Å². The molecule has 1 aromatic rings. The number of ether oxygens (including phenoxy) is 1. The van der Waals surface area contributed by atoms with Crippen LogP contribution in [0, 0.1) is 0 Å². The van der Waals surface area contributed by atoms with Gasteiger partial charge in [0.2, 0.25) is 0 Å². The lowest BCUT2D eigenvalue weighted by molar-refractivity contribution is 0.0933. The zero-order valence-electron chi connectivity index (χ0n) is 19.3. The van der Waals surface area contributed by atoms with Crippen molar-refractivity contribution in [2.45, 2.75) is 46.1 Å². The third-order valence-corrected chi connectivity index (χ3v) is 5.82. The van der Waals surface area contributed by atoms with Crippen LogP contribution >= 0.6 is 11.9 Å². The lowest BCUT2D eigenvalue weighted by Crippen LogP contribution is -2.22. The zero-order valence-corrected chi connectivity index (χ0v) is 20.1. The fraction of sp³-hybridized carbons (Fsp3) is 0.417. The molecule has 1 aromatic heterocycles. The quantitative estimate of drug-likeness (QED) is 0.157. The Morgan fingerprint density at radius 1 is 1.31 bits per heavy atom. The van der Waals surface area contributed by atoms with Crippen LogP contribution in [0.1, 0.15) is 55.8 Å². The molecule has 2 rings (SSSR count). The summed E-state index contributed by atoms with van der Waals surface area (Å²) < 4.78 is 13.5. The standard InChI is InChI=1S/C24H34N4O3S/c1-6-15-27(25-4)18-21-12-14-23(31-21)24(29)26-20(3)22(30-5)13-11-19(2)32-28-16-9-7-8-10-17-28/h6,11-15H,2,4,7-10,16-18H2,1,3,5H3,(H,26,29)/b13-11-,15-6-,22-20-. The van der Waals surface area contributed by atoms with E-state index in [1.807, 2.05) is 25.2 Å². The molecular weight excluding hydrogens is 424 g/mol. The van der Waals surface area contributed by atoms with Gasteiger partial charge in [0.05, 0.1) is 19.4 Å². The van der Waals surface area contributed by atoms with Crippen molar-refractivity contribution in [3.8, 4) is 0 Å². The van der Waals surface area contributed by atoms with E-state index in [0.717, 1.165) is 18.0 Å². The van der Waals surface area contributed by atoms with Crippen LogP contribution < -0.4 is 5.32 Å². The summed E-state index contributed by atoms with van der Waals surface area (Å²) in [7, 11) is 1.57. The Labute approximate surface area is 195 Å². The first-order valence-electron chi connectivity index (χ1n) is 10.8. The van der Waals surface area contributed by atoms with Gasteiger partial charge >= 0.3 is 0 Å². The molecule has 1 aliphatic heterocycles. The molecule has 0 aromatic carbocycles. The summed E-state index contributed by atoms with van der Waals surface area (Å²) in [6.45, 7) is 13.9. The number of hydrazone groups is 1.